The van der Waals surface area contributed by atoms with E-state index < -0.39 is 28.5 Å². The van der Waals surface area contributed by atoms with Crippen LogP contribution in [-0.2, 0) is 32.6 Å². The maximum absolute atomic E-state index is 14.0. The molecule has 1 unspecified atom stereocenters. The molecule has 0 spiro atoms. The van der Waals surface area contributed by atoms with Gasteiger partial charge in [-0.2, -0.15) is 0 Å². The molecule has 7 nitrogen and oxygen atoms in total. The number of sulfonamides is 1. The van der Waals surface area contributed by atoms with E-state index in [2.05, 4.69) is 5.32 Å². The molecule has 0 saturated heterocycles. The Labute approximate surface area is 240 Å². The largest absolute Gasteiger partial charge is 0.354 e. The molecule has 208 valence electrons. The Morgan fingerprint density at radius 3 is 2.15 bits per heavy atom. The molecule has 1 N–H and O–H groups in total. The Morgan fingerprint density at radius 2 is 1.54 bits per heavy atom. The van der Waals surface area contributed by atoms with Crippen molar-refractivity contribution in [3.8, 4) is 0 Å². The number of benzene rings is 3. The fraction of sp³-hybridized carbons (Fsp3) is 0.310. The van der Waals surface area contributed by atoms with Crippen LogP contribution < -0.4 is 9.62 Å². The van der Waals surface area contributed by atoms with Gasteiger partial charge in [-0.25, -0.2) is 8.42 Å². The number of unbranched alkanes of at least 4 members (excludes halogenated alkanes) is 1. The van der Waals surface area contributed by atoms with Gasteiger partial charge in [-0.05, 0) is 41.8 Å². The van der Waals surface area contributed by atoms with Crippen molar-refractivity contribution < 1.29 is 18.0 Å². The van der Waals surface area contributed by atoms with Crippen molar-refractivity contribution in [3.05, 3.63) is 100 Å². The third kappa shape index (κ3) is 8.98. The number of hydrogen-bond donors (Lipinski definition) is 1. The first-order valence-electron chi connectivity index (χ1n) is 12.7. The van der Waals surface area contributed by atoms with Crippen molar-refractivity contribution >= 4 is 50.7 Å². The number of hydrogen-bond acceptors (Lipinski definition) is 4. The smallest absolute Gasteiger partial charge is 0.244 e. The van der Waals surface area contributed by atoms with E-state index in [1.165, 1.54) is 4.90 Å². The molecule has 0 fully saturated rings. The zero-order valence-corrected chi connectivity index (χ0v) is 24.3. The van der Waals surface area contributed by atoms with Crippen molar-refractivity contribution in [1.82, 2.24) is 10.2 Å². The van der Waals surface area contributed by atoms with Gasteiger partial charge in [0.1, 0.15) is 12.6 Å². The summed E-state index contributed by atoms with van der Waals surface area (Å²) in [6.07, 6.45) is 2.97. The first-order valence-corrected chi connectivity index (χ1v) is 15.3. The van der Waals surface area contributed by atoms with Gasteiger partial charge in [0.2, 0.25) is 21.8 Å². The number of nitrogens with one attached hydrogen (secondary N) is 1. The summed E-state index contributed by atoms with van der Waals surface area (Å²) in [6, 6.07) is 21.9. The molecule has 10 heteroatoms. The SMILES string of the molecule is CCCCNC(=O)C(Cc1ccccc1)N(Cc1ccc(Cl)cc1)C(=O)CN(c1ccccc1Cl)S(C)(=O)=O. The lowest BCUT2D eigenvalue weighted by Gasteiger charge is -2.33. The van der Waals surface area contributed by atoms with Gasteiger partial charge in [0.15, 0.2) is 0 Å². The molecule has 0 saturated carbocycles. The number of rotatable bonds is 13. The molecular weight excluding hydrogens is 557 g/mol. The molecule has 3 aromatic rings. The second-order valence-electron chi connectivity index (χ2n) is 9.22. The van der Waals surface area contributed by atoms with Crippen LogP contribution in [0.3, 0.4) is 0 Å². The van der Waals surface area contributed by atoms with Gasteiger partial charge in [0.05, 0.1) is 17.0 Å². The highest BCUT2D eigenvalue weighted by molar-refractivity contribution is 7.92. The molecule has 39 heavy (non-hydrogen) atoms. The van der Waals surface area contributed by atoms with E-state index in [9.17, 15) is 18.0 Å². The Morgan fingerprint density at radius 1 is 0.897 bits per heavy atom. The predicted molar refractivity (Wildman–Crippen MR) is 157 cm³/mol. The maximum Gasteiger partial charge on any atom is 0.244 e. The number of para-hydroxylation sites is 1. The fourth-order valence-corrected chi connectivity index (χ4v) is 5.37. The Kier molecular flexibility index (Phi) is 11.2. The van der Waals surface area contributed by atoms with Gasteiger partial charge in [-0.3, -0.25) is 13.9 Å². The summed E-state index contributed by atoms with van der Waals surface area (Å²) in [5, 5.41) is 3.68. The molecule has 0 radical (unpaired) electrons. The van der Waals surface area contributed by atoms with Gasteiger partial charge < -0.3 is 10.2 Å². The zero-order chi connectivity index (χ0) is 28.4. The van der Waals surface area contributed by atoms with E-state index >= 15 is 0 Å². The maximum atomic E-state index is 14.0. The van der Waals surface area contributed by atoms with Crippen LogP contribution in [0, 0.1) is 0 Å². The van der Waals surface area contributed by atoms with Crippen molar-refractivity contribution in [2.75, 3.05) is 23.7 Å². The zero-order valence-electron chi connectivity index (χ0n) is 22.0. The average molecular weight is 591 g/mol. The molecule has 3 rings (SSSR count). The number of carbonyl (C=O) groups is 2. The van der Waals surface area contributed by atoms with Crippen molar-refractivity contribution in [1.29, 1.82) is 0 Å². The van der Waals surface area contributed by atoms with E-state index in [0.29, 0.717) is 11.6 Å². The fourth-order valence-electron chi connectivity index (χ4n) is 4.10. The predicted octanol–water partition coefficient (Wildman–Crippen LogP) is 5.32. The molecule has 0 aliphatic carbocycles. The lowest BCUT2D eigenvalue weighted by molar-refractivity contribution is -0.140. The standard InChI is InChI=1S/C29H33Cl2N3O4S/c1-3-4-18-32-29(36)27(19-22-10-6-5-7-11-22)33(20-23-14-16-24(30)17-15-23)28(35)21-34(39(2,37)38)26-13-9-8-12-25(26)31/h5-17,27H,3-4,18-21H2,1-2H3,(H,32,36). The van der Waals surface area contributed by atoms with Gasteiger partial charge in [-0.1, -0.05) is 91.1 Å². The normalized spacial score (nSPS) is 12.0. The number of carbonyl (C=O) groups excluding carboxylic acids is 2. The molecule has 0 aliphatic rings. The molecule has 2 amide bonds. The molecular formula is C29H33Cl2N3O4S. The second kappa shape index (κ2) is 14.4. The van der Waals surface area contributed by atoms with E-state index in [4.69, 9.17) is 23.2 Å². The molecule has 0 heterocycles. The Hall–Kier alpha value is -3.07. The highest BCUT2D eigenvalue weighted by Crippen LogP contribution is 2.28. The summed E-state index contributed by atoms with van der Waals surface area (Å²) < 4.78 is 26.6. The van der Waals surface area contributed by atoms with Gasteiger partial charge in [-0.15, -0.1) is 0 Å². The van der Waals surface area contributed by atoms with Gasteiger partial charge in [0.25, 0.3) is 0 Å². The highest BCUT2D eigenvalue weighted by Gasteiger charge is 2.33. The third-order valence-electron chi connectivity index (χ3n) is 6.17. The minimum Gasteiger partial charge on any atom is -0.354 e. The molecule has 0 aromatic heterocycles. The molecule has 3 aromatic carbocycles. The quantitative estimate of drug-likeness (QED) is 0.273. The van der Waals surface area contributed by atoms with Gasteiger partial charge in [0, 0.05) is 24.5 Å². The Bertz CT molecular complexity index is 1350. The summed E-state index contributed by atoms with van der Waals surface area (Å²) in [4.78, 5) is 29.0. The number of nitrogens with zero attached hydrogens (tertiary/aromatic N) is 2. The van der Waals surface area contributed by atoms with Crippen molar-refractivity contribution in [2.24, 2.45) is 0 Å². The highest BCUT2D eigenvalue weighted by atomic mass is 35.5. The summed E-state index contributed by atoms with van der Waals surface area (Å²) in [5.74, 6) is -0.847. The van der Waals surface area contributed by atoms with Crippen LogP contribution in [0.1, 0.15) is 30.9 Å². The van der Waals surface area contributed by atoms with E-state index in [1.54, 1.807) is 48.5 Å². The average Bonchev–Trinajstić information content (AvgIpc) is 2.91. The van der Waals surface area contributed by atoms with Crippen molar-refractivity contribution in [3.63, 3.8) is 0 Å². The summed E-state index contributed by atoms with van der Waals surface area (Å²) in [7, 11) is -3.89. The first kappa shape index (κ1) is 30.5. The lowest BCUT2D eigenvalue weighted by Crippen LogP contribution is -2.53. The Balaban J connectivity index is 2.03. The minimum atomic E-state index is -3.89. The first-order chi connectivity index (χ1) is 18.6. The van der Waals surface area contributed by atoms with Crippen LogP contribution in [0.5, 0.6) is 0 Å². The monoisotopic (exact) mass is 589 g/mol. The van der Waals surface area contributed by atoms with Crippen LogP contribution in [0.25, 0.3) is 0 Å². The second-order valence-corrected chi connectivity index (χ2v) is 12.0. The van der Waals surface area contributed by atoms with Crippen LogP contribution in [0.15, 0.2) is 78.9 Å². The summed E-state index contributed by atoms with van der Waals surface area (Å²) >= 11 is 12.4. The lowest BCUT2D eigenvalue weighted by atomic mass is 10.0. The van der Waals surface area contributed by atoms with Gasteiger partial charge >= 0.3 is 0 Å². The molecule has 0 aliphatic heterocycles. The van der Waals surface area contributed by atoms with E-state index in [1.807, 2.05) is 37.3 Å². The molecule has 1 atom stereocenters. The van der Waals surface area contributed by atoms with Crippen LogP contribution in [0.4, 0.5) is 5.69 Å². The van der Waals surface area contributed by atoms with E-state index in [-0.39, 0.29) is 29.6 Å². The summed E-state index contributed by atoms with van der Waals surface area (Å²) in [6.45, 7) is 2.05. The number of halogens is 2. The third-order valence-corrected chi connectivity index (χ3v) is 7.87. The van der Waals surface area contributed by atoms with Crippen LogP contribution in [-0.4, -0.2) is 50.5 Å². The number of anilines is 1. The minimum absolute atomic E-state index is 0.0782. The van der Waals surface area contributed by atoms with Crippen LogP contribution >= 0.6 is 23.2 Å². The number of amides is 2. The van der Waals surface area contributed by atoms with Crippen molar-refractivity contribution in [2.45, 2.75) is 38.8 Å². The van der Waals surface area contributed by atoms with Crippen LogP contribution in [0.2, 0.25) is 10.0 Å². The topological polar surface area (TPSA) is 86.8 Å². The molecule has 0 bridgehead atoms. The van der Waals surface area contributed by atoms with E-state index in [0.717, 1.165) is 34.5 Å². The summed E-state index contributed by atoms with van der Waals surface area (Å²) in [5.41, 5.74) is 1.80.